The van der Waals surface area contributed by atoms with Crippen LogP contribution in [0.15, 0.2) is 35.1 Å². The number of halogens is 1. The van der Waals surface area contributed by atoms with Gasteiger partial charge in [0.2, 0.25) is 0 Å². The summed E-state index contributed by atoms with van der Waals surface area (Å²) in [7, 11) is 0. The number of aryl methyl sites for hydroxylation is 1. The molecule has 1 fully saturated rings. The molecule has 0 radical (unpaired) electrons. The van der Waals surface area contributed by atoms with Gasteiger partial charge in [-0.1, -0.05) is 0 Å². The van der Waals surface area contributed by atoms with Crippen molar-refractivity contribution in [2.24, 2.45) is 0 Å². The molecule has 0 bridgehead atoms. The molecule has 2 aromatic heterocycles. The van der Waals surface area contributed by atoms with E-state index in [1.165, 1.54) is 33.7 Å². The van der Waals surface area contributed by atoms with Gasteiger partial charge in [-0.15, -0.1) is 0 Å². The van der Waals surface area contributed by atoms with Gasteiger partial charge in [0, 0.05) is 18.8 Å². The standard InChI is InChI=1S/C18H16FN3O3S/c1-11-2-4-13-16(20-11)26-22(18(13)24)12-3-5-15(19)14(10-12)17(23)21-6-8-25-9-7-21/h2-5,10H,6-9H2,1H3. The first-order chi connectivity index (χ1) is 12.5. The number of nitrogens with zero attached hydrogens (tertiary/aromatic N) is 3. The highest BCUT2D eigenvalue weighted by Gasteiger charge is 2.22. The minimum atomic E-state index is -0.603. The maximum Gasteiger partial charge on any atom is 0.274 e. The number of pyridine rings is 1. The number of amides is 1. The molecule has 3 aromatic rings. The van der Waals surface area contributed by atoms with Crippen LogP contribution in [-0.2, 0) is 4.74 Å². The number of aromatic nitrogens is 2. The van der Waals surface area contributed by atoms with Crippen molar-refractivity contribution in [1.29, 1.82) is 0 Å². The summed E-state index contributed by atoms with van der Waals surface area (Å²) in [4.78, 5) is 31.8. The first kappa shape index (κ1) is 16.9. The average molecular weight is 373 g/mol. The highest BCUT2D eigenvalue weighted by molar-refractivity contribution is 7.13. The molecule has 0 spiro atoms. The summed E-state index contributed by atoms with van der Waals surface area (Å²) in [6, 6.07) is 7.65. The lowest BCUT2D eigenvalue weighted by Crippen LogP contribution is -2.41. The number of morpholine rings is 1. The Morgan fingerprint density at radius 1 is 1.23 bits per heavy atom. The fraction of sp³-hybridized carbons (Fsp3) is 0.278. The van der Waals surface area contributed by atoms with Gasteiger partial charge in [-0.25, -0.2) is 13.3 Å². The quantitative estimate of drug-likeness (QED) is 0.692. The Morgan fingerprint density at radius 2 is 2.00 bits per heavy atom. The Bertz CT molecular complexity index is 1050. The number of rotatable bonds is 2. The summed E-state index contributed by atoms with van der Waals surface area (Å²) in [6.07, 6.45) is 0. The van der Waals surface area contributed by atoms with Crippen molar-refractivity contribution in [1.82, 2.24) is 13.8 Å². The summed E-state index contributed by atoms with van der Waals surface area (Å²) in [5, 5.41) is 0.506. The summed E-state index contributed by atoms with van der Waals surface area (Å²) >= 11 is 1.18. The van der Waals surface area contributed by atoms with Crippen molar-refractivity contribution >= 4 is 27.7 Å². The Morgan fingerprint density at radius 3 is 2.77 bits per heavy atom. The van der Waals surface area contributed by atoms with E-state index < -0.39 is 11.7 Å². The highest BCUT2D eigenvalue weighted by atomic mass is 32.1. The fourth-order valence-corrected chi connectivity index (χ4v) is 3.92. The van der Waals surface area contributed by atoms with Gasteiger partial charge >= 0.3 is 0 Å². The summed E-state index contributed by atoms with van der Waals surface area (Å²) in [6.45, 7) is 3.58. The van der Waals surface area contributed by atoms with Crippen LogP contribution in [0.25, 0.3) is 15.9 Å². The maximum absolute atomic E-state index is 14.3. The summed E-state index contributed by atoms with van der Waals surface area (Å²) < 4.78 is 20.9. The van der Waals surface area contributed by atoms with E-state index in [2.05, 4.69) is 4.98 Å². The second kappa shape index (κ2) is 6.62. The number of hydrogen-bond acceptors (Lipinski definition) is 5. The Balaban J connectivity index is 1.78. The van der Waals surface area contributed by atoms with Crippen LogP contribution in [0.2, 0.25) is 0 Å². The van der Waals surface area contributed by atoms with E-state index in [-0.39, 0.29) is 11.1 Å². The molecule has 0 unspecified atom stereocenters. The molecule has 134 valence electrons. The molecular weight excluding hydrogens is 357 g/mol. The smallest absolute Gasteiger partial charge is 0.274 e. The van der Waals surface area contributed by atoms with Crippen molar-refractivity contribution in [3.8, 4) is 5.69 Å². The third-order valence-electron chi connectivity index (χ3n) is 4.31. The summed E-state index contributed by atoms with van der Waals surface area (Å²) in [5.41, 5.74) is 0.994. The maximum atomic E-state index is 14.3. The normalized spacial score (nSPS) is 14.8. The molecule has 26 heavy (non-hydrogen) atoms. The van der Waals surface area contributed by atoms with Crippen LogP contribution >= 0.6 is 11.5 Å². The molecule has 0 aliphatic carbocycles. The zero-order valence-corrected chi connectivity index (χ0v) is 14.9. The minimum Gasteiger partial charge on any atom is -0.378 e. The van der Waals surface area contributed by atoms with Crippen molar-refractivity contribution in [2.45, 2.75) is 6.92 Å². The molecule has 0 atom stereocenters. The van der Waals surface area contributed by atoms with E-state index in [0.717, 1.165) is 5.69 Å². The van der Waals surface area contributed by atoms with Gasteiger partial charge in [-0.2, -0.15) is 0 Å². The SMILES string of the molecule is Cc1ccc2c(=O)n(-c3ccc(F)c(C(=O)N4CCOCC4)c3)sc2n1. The lowest BCUT2D eigenvalue weighted by atomic mass is 10.1. The number of carbonyl (C=O) groups is 1. The van der Waals surface area contributed by atoms with Crippen LogP contribution in [-0.4, -0.2) is 46.1 Å². The van der Waals surface area contributed by atoms with E-state index in [4.69, 9.17) is 4.74 Å². The predicted octanol–water partition coefficient (Wildman–Crippen LogP) is 2.37. The first-order valence-electron chi connectivity index (χ1n) is 8.21. The first-order valence-corrected chi connectivity index (χ1v) is 8.98. The van der Waals surface area contributed by atoms with Crippen LogP contribution in [0, 0.1) is 12.7 Å². The van der Waals surface area contributed by atoms with Gasteiger partial charge in [0.15, 0.2) is 0 Å². The Labute approximate surface area is 152 Å². The van der Waals surface area contributed by atoms with Crippen molar-refractivity contribution in [3.05, 3.63) is 57.8 Å². The molecule has 1 aliphatic heterocycles. The number of benzene rings is 1. The second-order valence-electron chi connectivity index (χ2n) is 6.06. The van der Waals surface area contributed by atoms with Gasteiger partial charge in [0.1, 0.15) is 10.6 Å². The van der Waals surface area contributed by atoms with Crippen LogP contribution in [0.3, 0.4) is 0 Å². The molecule has 4 rings (SSSR count). The second-order valence-corrected chi connectivity index (χ2v) is 7.00. The van der Waals surface area contributed by atoms with Gasteiger partial charge in [0.25, 0.3) is 11.5 Å². The molecular formula is C18H16FN3O3S. The Hall–Kier alpha value is -2.58. The Kier molecular flexibility index (Phi) is 4.29. The monoisotopic (exact) mass is 373 g/mol. The third-order valence-corrected chi connectivity index (χ3v) is 5.35. The van der Waals surface area contributed by atoms with Crippen LogP contribution in [0.4, 0.5) is 4.39 Å². The van der Waals surface area contributed by atoms with E-state index in [0.29, 0.717) is 42.2 Å². The molecule has 8 heteroatoms. The number of fused-ring (bicyclic) bond motifs is 1. The number of ether oxygens (including phenoxy) is 1. The van der Waals surface area contributed by atoms with Crippen molar-refractivity contribution in [2.75, 3.05) is 26.3 Å². The lowest BCUT2D eigenvalue weighted by molar-refractivity contribution is 0.0300. The van der Waals surface area contributed by atoms with Gasteiger partial charge in [0.05, 0.1) is 29.9 Å². The topological polar surface area (TPSA) is 64.4 Å². The molecule has 0 saturated carbocycles. The number of hydrogen-bond donors (Lipinski definition) is 0. The van der Waals surface area contributed by atoms with Gasteiger partial charge in [-0.05, 0) is 48.8 Å². The summed E-state index contributed by atoms with van der Waals surface area (Å²) in [5.74, 6) is -0.996. The van der Waals surface area contributed by atoms with E-state index >= 15 is 0 Å². The lowest BCUT2D eigenvalue weighted by Gasteiger charge is -2.27. The van der Waals surface area contributed by atoms with Gasteiger partial charge < -0.3 is 9.64 Å². The average Bonchev–Trinajstić information content (AvgIpc) is 2.98. The van der Waals surface area contributed by atoms with E-state index in [1.54, 1.807) is 17.0 Å². The molecule has 1 aliphatic rings. The van der Waals surface area contributed by atoms with Gasteiger partial charge in [-0.3, -0.25) is 9.59 Å². The zero-order chi connectivity index (χ0) is 18.3. The molecule has 1 amide bonds. The van der Waals surface area contributed by atoms with E-state index in [9.17, 15) is 14.0 Å². The predicted molar refractivity (Wildman–Crippen MR) is 96.6 cm³/mol. The minimum absolute atomic E-state index is 0.0436. The van der Waals surface area contributed by atoms with E-state index in [1.807, 2.05) is 6.92 Å². The number of carbonyl (C=O) groups excluding carboxylic acids is 1. The fourth-order valence-electron chi connectivity index (χ4n) is 2.91. The molecule has 0 N–H and O–H groups in total. The van der Waals surface area contributed by atoms with Crippen molar-refractivity contribution < 1.29 is 13.9 Å². The largest absolute Gasteiger partial charge is 0.378 e. The molecule has 3 heterocycles. The van der Waals surface area contributed by atoms with Crippen LogP contribution in [0.5, 0.6) is 0 Å². The molecule has 6 nitrogen and oxygen atoms in total. The van der Waals surface area contributed by atoms with Crippen LogP contribution in [0.1, 0.15) is 16.1 Å². The molecule has 1 aromatic carbocycles. The van der Waals surface area contributed by atoms with Crippen LogP contribution < -0.4 is 5.56 Å². The zero-order valence-electron chi connectivity index (χ0n) is 14.1. The highest BCUT2D eigenvalue weighted by Crippen LogP contribution is 2.22. The third kappa shape index (κ3) is 2.91. The van der Waals surface area contributed by atoms with Crippen molar-refractivity contribution in [3.63, 3.8) is 0 Å². The molecule has 1 saturated heterocycles.